The van der Waals surface area contributed by atoms with Crippen LogP contribution in [0, 0.1) is 17.8 Å². The minimum absolute atomic E-state index is 0.0378. The van der Waals surface area contributed by atoms with Crippen molar-refractivity contribution in [3.63, 3.8) is 0 Å². The molecule has 2 unspecified atom stereocenters. The molecule has 1 aliphatic heterocycles. The maximum Gasteiger partial charge on any atom is 0.229 e. The van der Waals surface area contributed by atoms with E-state index in [1.54, 1.807) is 0 Å². The Labute approximate surface area is 165 Å². The Bertz CT molecular complexity index is 894. The molecule has 4 atom stereocenters. The molecule has 5 rings (SSSR count). The average molecular weight is 374 g/mol. The highest BCUT2D eigenvalue weighted by atomic mass is 16.2. The van der Waals surface area contributed by atoms with Crippen LogP contribution in [0.2, 0.25) is 0 Å². The highest BCUT2D eigenvalue weighted by Gasteiger charge is 2.47. The van der Waals surface area contributed by atoms with Crippen LogP contribution in [0.5, 0.6) is 0 Å². The number of fused-ring (bicyclic) bond motifs is 2. The van der Waals surface area contributed by atoms with Gasteiger partial charge in [-0.15, -0.1) is 0 Å². The Hall–Kier alpha value is -2.62. The molecule has 3 fully saturated rings. The molecule has 144 valence electrons. The maximum atomic E-state index is 12.8. The number of nitrogens with zero attached hydrogens (tertiary/aromatic N) is 1. The Kier molecular flexibility index (Phi) is 4.42. The predicted octanol–water partition coefficient (Wildman–Crippen LogP) is 4.33. The summed E-state index contributed by atoms with van der Waals surface area (Å²) < 4.78 is 0. The van der Waals surface area contributed by atoms with Gasteiger partial charge in [0.2, 0.25) is 11.8 Å². The number of amides is 2. The fourth-order valence-electron chi connectivity index (χ4n) is 5.47. The first-order valence-corrected chi connectivity index (χ1v) is 10.4. The first kappa shape index (κ1) is 17.5. The second-order valence-electron chi connectivity index (χ2n) is 8.63. The monoisotopic (exact) mass is 374 g/mol. The summed E-state index contributed by atoms with van der Waals surface area (Å²) in [6.07, 6.45) is 5.34. The van der Waals surface area contributed by atoms with Crippen molar-refractivity contribution >= 4 is 17.5 Å². The normalized spacial score (nSPS) is 28.7. The molecule has 0 radical (unpaired) electrons. The van der Waals surface area contributed by atoms with E-state index in [9.17, 15) is 9.59 Å². The van der Waals surface area contributed by atoms with Gasteiger partial charge in [-0.05, 0) is 54.4 Å². The van der Waals surface area contributed by atoms with Gasteiger partial charge in [0, 0.05) is 24.7 Å². The Morgan fingerprint density at radius 2 is 1.79 bits per heavy atom. The zero-order valence-electron chi connectivity index (χ0n) is 16.0. The van der Waals surface area contributed by atoms with Crippen LogP contribution in [0.1, 0.15) is 32.1 Å². The van der Waals surface area contributed by atoms with Crippen molar-refractivity contribution in [3.05, 3.63) is 54.6 Å². The van der Waals surface area contributed by atoms with Crippen LogP contribution in [0.4, 0.5) is 5.69 Å². The minimum Gasteiger partial charge on any atom is -0.339 e. The number of benzene rings is 2. The molecule has 2 saturated carbocycles. The lowest BCUT2D eigenvalue weighted by Crippen LogP contribution is -2.40. The first-order chi connectivity index (χ1) is 13.7. The van der Waals surface area contributed by atoms with Gasteiger partial charge in [-0.3, -0.25) is 9.59 Å². The number of anilines is 1. The average Bonchev–Trinajstić information content (AvgIpc) is 3.44. The summed E-state index contributed by atoms with van der Waals surface area (Å²) in [4.78, 5) is 27.5. The third-order valence-electron chi connectivity index (χ3n) is 6.87. The van der Waals surface area contributed by atoms with Crippen LogP contribution in [0.15, 0.2) is 54.6 Å². The van der Waals surface area contributed by atoms with Gasteiger partial charge in [0.05, 0.1) is 5.92 Å². The van der Waals surface area contributed by atoms with Gasteiger partial charge in [0.25, 0.3) is 0 Å². The number of rotatable bonds is 4. The summed E-state index contributed by atoms with van der Waals surface area (Å²) in [6, 6.07) is 18.4. The fourth-order valence-corrected chi connectivity index (χ4v) is 5.47. The van der Waals surface area contributed by atoms with Crippen LogP contribution in [-0.2, 0) is 9.59 Å². The summed E-state index contributed by atoms with van der Waals surface area (Å²) in [5.74, 6) is 1.35. The zero-order chi connectivity index (χ0) is 19.1. The maximum absolute atomic E-state index is 12.8. The minimum atomic E-state index is -0.244. The predicted molar refractivity (Wildman–Crippen MR) is 110 cm³/mol. The third-order valence-corrected chi connectivity index (χ3v) is 6.87. The van der Waals surface area contributed by atoms with E-state index in [2.05, 4.69) is 17.4 Å². The molecule has 2 amide bonds. The van der Waals surface area contributed by atoms with E-state index < -0.39 is 0 Å². The van der Waals surface area contributed by atoms with Crippen molar-refractivity contribution in [2.24, 2.45) is 17.8 Å². The molecule has 1 N–H and O–H groups in total. The summed E-state index contributed by atoms with van der Waals surface area (Å²) in [7, 11) is 0. The molecule has 1 heterocycles. The van der Waals surface area contributed by atoms with E-state index in [1.807, 2.05) is 47.4 Å². The van der Waals surface area contributed by atoms with Crippen molar-refractivity contribution < 1.29 is 9.59 Å². The highest BCUT2D eigenvalue weighted by molar-refractivity contribution is 5.97. The molecule has 4 heteroatoms. The van der Waals surface area contributed by atoms with Crippen LogP contribution >= 0.6 is 0 Å². The standard InChI is InChI=1S/C24H26N2O2/c27-23-14-20(15-26(23)22-12-16-9-10-19(22)11-16)24(28)25-21-8-4-7-18(13-21)17-5-2-1-3-6-17/h1-8,13,16,19-20,22H,9-12,14-15H2,(H,25,28)/t16-,19+,20?,22?/m1/s1. The van der Waals surface area contributed by atoms with E-state index in [-0.39, 0.29) is 17.7 Å². The van der Waals surface area contributed by atoms with Crippen molar-refractivity contribution in [2.75, 3.05) is 11.9 Å². The van der Waals surface area contributed by atoms with Gasteiger partial charge >= 0.3 is 0 Å². The summed E-state index contributed by atoms with van der Waals surface area (Å²) >= 11 is 0. The molecule has 3 aliphatic rings. The third kappa shape index (κ3) is 3.21. The molecular formula is C24H26N2O2. The SMILES string of the molecule is O=C(Nc1cccc(-c2ccccc2)c1)C1CC(=O)N(C2C[C@@H]3CC[C@H]2C3)C1. The summed E-state index contributed by atoms with van der Waals surface area (Å²) in [5, 5.41) is 3.04. The summed E-state index contributed by atoms with van der Waals surface area (Å²) in [5.41, 5.74) is 2.98. The molecule has 0 spiro atoms. The highest BCUT2D eigenvalue weighted by Crippen LogP contribution is 2.47. The van der Waals surface area contributed by atoms with Gasteiger partial charge in [0.15, 0.2) is 0 Å². The number of nitrogens with one attached hydrogen (secondary N) is 1. The van der Waals surface area contributed by atoms with E-state index in [1.165, 1.54) is 19.3 Å². The smallest absolute Gasteiger partial charge is 0.229 e. The lowest BCUT2D eigenvalue weighted by molar-refractivity contribution is -0.130. The fraction of sp³-hybridized carbons (Fsp3) is 0.417. The van der Waals surface area contributed by atoms with Crippen LogP contribution in [0.3, 0.4) is 0 Å². The zero-order valence-corrected chi connectivity index (χ0v) is 16.0. The molecule has 28 heavy (non-hydrogen) atoms. The van der Waals surface area contributed by atoms with E-state index >= 15 is 0 Å². The van der Waals surface area contributed by atoms with Crippen LogP contribution in [-0.4, -0.2) is 29.3 Å². The van der Waals surface area contributed by atoms with Crippen LogP contribution < -0.4 is 5.32 Å². The lowest BCUT2D eigenvalue weighted by Gasteiger charge is -2.31. The van der Waals surface area contributed by atoms with E-state index in [0.29, 0.717) is 24.9 Å². The van der Waals surface area contributed by atoms with Crippen molar-refractivity contribution in [1.82, 2.24) is 4.90 Å². The van der Waals surface area contributed by atoms with Gasteiger partial charge in [-0.25, -0.2) is 0 Å². The number of likely N-dealkylation sites (tertiary alicyclic amines) is 1. The van der Waals surface area contributed by atoms with Gasteiger partial charge in [0.1, 0.15) is 0 Å². The van der Waals surface area contributed by atoms with Gasteiger partial charge in [-0.2, -0.15) is 0 Å². The van der Waals surface area contributed by atoms with Crippen molar-refractivity contribution in [1.29, 1.82) is 0 Å². The van der Waals surface area contributed by atoms with Crippen molar-refractivity contribution in [3.8, 4) is 11.1 Å². The summed E-state index contributed by atoms with van der Waals surface area (Å²) in [6.45, 7) is 0.580. The van der Waals surface area contributed by atoms with E-state index in [0.717, 1.165) is 29.2 Å². The number of hydrogen-bond acceptors (Lipinski definition) is 2. The molecule has 0 aromatic heterocycles. The van der Waals surface area contributed by atoms with E-state index in [4.69, 9.17) is 0 Å². The quantitative estimate of drug-likeness (QED) is 0.866. The molecular weight excluding hydrogens is 348 g/mol. The Balaban J connectivity index is 1.26. The molecule has 2 aliphatic carbocycles. The largest absolute Gasteiger partial charge is 0.339 e. The van der Waals surface area contributed by atoms with Crippen molar-refractivity contribution in [2.45, 2.75) is 38.1 Å². The Morgan fingerprint density at radius 1 is 0.964 bits per heavy atom. The molecule has 4 nitrogen and oxygen atoms in total. The lowest BCUT2D eigenvalue weighted by atomic mass is 9.94. The Morgan fingerprint density at radius 3 is 2.54 bits per heavy atom. The molecule has 2 aromatic rings. The molecule has 2 bridgehead atoms. The first-order valence-electron chi connectivity index (χ1n) is 10.4. The van der Waals surface area contributed by atoms with Gasteiger partial charge in [-0.1, -0.05) is 48.9 Å². The van der Waals surface area contributed by atoms with Crippen LogP contribution in [0.25, 0.3) is 11.1 Å². The molecule has 1 saturated heterocycles. The second kappa shape index (κ2) is 7.08. The number of carbonyl (C=O) groups excluding carboxylic acids is 2. The second-order valence-corrected chi connectivity index (χ2v) is 8.63. The number of carbonyl (C=O) groups is 2. The topological polar surface area (TPSA) is 49.4 Å². The molecule has 2 aromatic carbocycles. The number of hydrogen-bond donors (Lipinski definition) is 1. The van der Waals surface area contributed by atoms with Gasteiger partial charge < -0.3 is 10.2 Å².